The molecule has 0 atom stereocenters. The van der Waals surface area contributed by atoms with Crippen molar-refractivity contribution in [1.82, 2.24) is 4.90 Å². The molecule has 0 heterocycles. The van der Waals surface area contributed by atoms with Crippen molar-refractivity contribution in [2.45, 2.75) is 20.3 Å². The van der Waals surface area contributed by atoms with Gasteiger partial charge in [0.25, 0.3) is 5.91 Å². The zero-order valence-corrected chi connectivity index (χ0v) is 13.4. The average Bonchev–Trinajstić information content (AvgIpc) is 2.37. The summed E-state index contributed by atoms with van der Waals surface area (Å²) in [6.45, 7) is 3.54. The number of halogens is 1. The van der Waals surface area contributed by atoms with E-state index < -0.39 is 5.41 Å². The van der Waals surface area contributed by atoms with Crippen molar-refractivity contribution in [3.8, 4) is 12.3 Å². The second-order valence-corrected chi connectivity index (χ2v) is 6.02. The standard InChI is InChI=1S/C16H19ClN2O2/c1-6-9-16(2,3)15(21)18-11-7-8-12(13(17)10-11)14(20)19(4)5/h1,7-8,10H,9H2,2-5H3,(H,18,21). The van der Waals surface area contributed by atoms with E-state index in [1.165, 1.54) is 4.90 Å². The first-order valence-electron chi connectivity index (χ1n) is 6.45. The van der Waals surface area contributed by atoms with Crippen molar-refractivity contribution >= 4 is 29.1 Å². The van der Waals surface area contributed by atoms with Crippen LogP contribution in [0.2, 0.25) is 5.02 Å². The number of terminal acetylenes is 1. The Bertz CT molecular complexity index is 601. The fraction of sp³-hybridized carbons (Fsp3) is 0.375. The number of rotatable bonds is 4. The van der Waals surface area contributed by atoms with E-state index in [0.717, 1.165) is 0 Å². The van der Waals surface area contributed by atoms with Gasteiger partial charge in [-0.2, -0.15) is 0 Å². The van der Waals surface area contributed by atoms with E-state index in [1.807, 2.05) is 0 Å². The molecule has 0 aliphatic heterocycles. The van der Waals surface area contributed by atoms with Crippen molar-refractivity contribution in [3.63, 3.8) is 0 Å². The molecule has 5 heteroatoms. The van der Waals surface area contributed by atoms with Gasteiger partial charge in [0.15, 0.2) is 0 Å². The van der Waals surface area contributed by atoms with Gasteiger partial charge in [-0.25, -0.2) is 0 Å². The number of carbonyl (C=O) groups is 2. The molecule has 0 aromatic heterocycles. The lowest BCUT2D eigenvalue weighted by Crippen LogP contribution is -2.30. The van der Waals surface area contributed by atoms with Crippen LogP contribution in [0.15, 0.2) is 18.2 Å². The predicted octanol–water partition coefficient (Wildman–Crippen LogP) is 3.03. The number of hydrogen-bond donors (Lipinski definition) is 1. The monoisotopic (exact) mass is 306 g/mol. The van der Waals surface area contributed by atoms with Crippen LogP contribution >= 0.6 is 11.6 Å². The Morgan fingerprint density at radius 1 is 1.38 bits per heavy atom. The summed E-state index contributed by atoms with van der Waals surface area (Å²) in [4.78, 5) is 25.5. The van der Waals surface area contributed by atoms with Gasteiger partial charge in [-0.15, -0.1) is 12.3 Å². The molecule has 1 N–H and O–H groups in total. The Morgan fingerprint density at radius 2 is 2.00 bits per heavy atom. The van der Waals surface area contributed by atoms with Gasteiger partial charge in [0.2, 0.25) is 5.91 Å². The quantitative estimate of drug-likeness (QED) is 0.869. The molecule has 0 saturated heterocycles. The SMILES string of the molecule is C#CCC(C)(C)C(=O)Nc1ccc(C(=O)N(C)C)c(Cl)c1. The van der Waals surface area contributed by atoms with E-state index in [1.54, 1.807) is 46.1 Å². The van der Waals surface area contributed by atoms with Crippen LogP contribution in [0.4, 0.5) is 5.69 Å². The van der Waals surface area contributed by atoms with Gasteiger partial charge in [0, 0.05) is 26.2 Å². The van der Waals surface area contributed by atoms with Crippen LogP contribution in [0.5, 0.6) is 0 Å². The summed E-state index contributed by atoms with van der Waals surface area (Å²) in [7, 11) is 3.30. The molecule has 0 aliphatic rings. The molecule has 2 amide bonds. The summed E-state index contributed by atoms with van der Waals surface area (Å²) in [5, 5.41) is 3.05. The van der Waals surface area contributed by atoms with Crippen molar-refractivity contribution < 1.29 is 9.59 Å². The van der Waals surface area contributed by atoms with E-state index in [-0.39, 0.29) is 11.8 Å². The second kappa shape index (κ2) is 6.64. The number of benzene rings is 1. The first kappa shape index (κ1) is 17.1. The minimum absolute atomic E-state index is 0.189. The van der Waals surface area contributed by atoms with Crippen LogP contribution in [0, 0.1) is 17.8 Å². The molecule has 0 aliphatic carbocycles. The summed E-state index contributed by atoms with van der Waals surface area (Å²) in [6.07, 6.45) is 5.60. The Morgan fingerprint density at radius 3 is 2.48 bits per heavy atom. The van der Waals surface area contributed by atoms with Gasteiger partial charge in [0.1, 0.15) is 0 Å². The fourth-order valence-electron chi connectivity index (χ4n) is 1.64. The van der Waals surface area contributed by atoms with Gasteiger partial charge >= 0.3 is 0 Å². The van der Waals surface area contributed by atoms with E-state index in [2.05, 4.69) is 11.2 Å². The van der Waals surface area contributed by atoms with E-state index in [9.17, 15) is 9.59 Å². The third-order valence-corrected chi connectivity index (χ3v) is 3.33. The van der Waals surface area contributed by atoms with E-state index in [0.29, 0.717) is 22.7 Å². The van der Waals surface area contributed by atoms with Crippen LogP contribution in [0.1, 0.15) is 30.6 Å². The van der Waals surface area contributed by atoms with Gasteiger partial charge in [0.05, 0.1) is 16.0 Å². The third kappa shape index (κ3) is 4.24. The van der Waals surface area contributed by atoms with Crippen LogP contribution in [0.25, 0.3) is 0 Å². The third-order valence-electron chi connectivity index (χ3n) is 3.02. The number of hydrogen-bond acceptors (Lipinski definition) is 2. The molecule has 0 saturated carbocycles. The zero-order chi connectivity index (χ0) is 16.2. The highest BCUT2D eigenvalue weighted by Gasteiger charge is 2.26. The molecule has 0 unspecified atom stereocenters. The molecule has 1 aromatic rings. The Labute approximate surface area is 130 Å². The van der Waals surface area contributed by atoms with Crippen molar-refractivity contribution in [2.24, 2.45) is 5.41 Å². The van der Waals surface area contributed by atoms with E-state index in [4.69, 9.17) is 18.0 Å². The number of nitrogens with zero attached hydrogens (tertiary/aromatic N) is 1. The number of amides is 2. The topological polar surface area (TPSA) is 49.4 Å². The number of carbonyl (C=O) groups excluding carboxylic acids is 2. The van der Waals surface area contributed by atoms with Crippen LogP contribution in [-0.4, -0.2) is 30.8 Å². The summed E-state index contributed by atoms with van der Waals surface area (Å²) in [5.74, 6) is 2.10. The van der Waals surface area contributed by atoms with Crippen molar-refractivity contribution in [3.05, 3.63) is 28.8 Å². The highest BCUT2D eigenvalue weighted by Crippen LogP contribution is 2.25. The lowest BCUT2D eigenvalue weighted by atomic mass is 9.88. The number of nitrogens with one attached hydrogen (secondary N) is 1. The highest BCUT2D eigenvalue weighted by atomic mass is 35.5. The minimum Gasteiger partial charge on any atom is -0.345 e. The Hall–Kier alpha value is -1.99. The largest absolute Gasteiger partial charge is 0.345 e. The molecule has 1 rings (SSSR count). The first-order chi connectivity index (χ1) is 9.69. The maximum absolute atomic E-state index is 12.1. The summed E-state index contributed by atoms with van der Waals surface area (Å²) in [5.41, 5.74) is 0.257. The Balaban J connectivity index is 2.94. The lowest BCUT2D eigenvalue weighted by molar-refractivity contribution is -0.123. The highest BCUT2D eigenvalue weighted by molar-refractivity contribution is 6.34. The molecule has 0 radical (unpaired) electrons. The van der Waals surface area contributed by atoms with Crippen LogP contribution < -0.4 is 5.32 Å². The van der Waals surface area contributed by atoms with Gasteiger partial charge in [-0.3, -0.25) is 9.59 Å². The normalized spacial score (nSPS) is 10.7. The zero-order valence-electron chi connectivity index (χ0n) is 12.7. The molecule has 112 valence electrons. The summed E-state index contributed by atoms with van der Waals surface area (Å²) < 4.78 is 0. The summed E-state index contributed by atoms with van der Waals surface area (Å²) in [6, 6.07) is 4.79. The second-order valence-electron chi connectivity index (χ2n) is 5.61. The van der Waals surface area contributed by atoms with Crippen molar-refractivity contribution in [1.29, 1.82) is 0 Å². The van der Waals surface area contributed by atoms with Crippen LogP contribution in [0.3, 0.4) is 0 Å². The smallest absolute Gasteiger partial charge is 0.254 e. The van der Waals surface area contributed by atoms with Crippen LogP contribution in [-0.2, 0) is 4.79 Å². The number of anilines is 1. The lowest BCUT2D eigenvalue weighted by Gasteiger charge is -2.21. The molecule has 21 heavy (non-hydrogen) atoms. The molecule has 4 nitrogen and oxygen atoms in total. The molecule has 0 bridgehead atoms. The van der Waals surface area contributed by atoms with Gasteiger partial charge in [-0.1, -0.05) is 25.4 Å². The average molecular weight is 307 g/mol. The maximum Gasteiger partial charge on any atom is 0.254 e. The predicted molar refractivity (Wildman–Crippen MR) is 85.3 cm³/mol. The molecule has 0 spiro atoms. The van der Waals surface area contributed by atoms with Crippen molar-refractivity contribution in [2.75, 3.05) is 19.4 Å². The van der Waals surface area contributed by atoms with Gasteiger partial charge in [-0.05, 0) is 18.2 Å². The fourth-order valence-corrected chi connectivity index (χ4v) is 1.90. The molecular formula is C16H19ClN2O2. The minimum atomic E-state index is -0.667. The first-order valence-corrected chi connectivity index (χ1v) is 6.83. The van der Waals surface area contributed by atoms with Gasteiger partial charge < -0.3 is 10.2 Å². The molecular weight excluding hydrogens is 288 g/mol. The van der Waals surface area contributed by atoms with E-state index >= 15 is 0 Å². The summed E-state index contributed by atoms with van der Waals surface area (Å²) >= 11 is 6.10. The molecule has 0 fully saturated rings. The molecule has 1 aromatic carbocycles. The Kier molecular flexibility index (Phi) is 5.40. The maximum atomic E-state index is 12.1.